The van der Waals surface area contributed by atoms with Gasteiger partial charge in [-0.05, 0) is 18.6 Å². The molecule has 0 N–H and O–H groups in total. The Morgan fingerprint density at radius 3 is 2.73 bits per heavy atom. The van der Waals surface area contributed by atoms with Crippen molar-refractivity contribution in [1.29, 1.82) is 0 Å². The predicted octanol–water partition coefficient (Wildman–Crippen LogP) is 3.02. The Labute approximate surface area is 91.2 Å². The molecule has 2 nitrogen and oxygen atoms in total. The van der Waals surface area contributed by atoms with Gasteiger partial charge in [-0.2, -0.15) is 0 Å². The lowest BCUT2D eigenvalue weighted by atomic mass is 10.2. The van der Waals surface area contributed by atoms with Gasteiger partial charge in [0.25, 0.3) is 0 Å². The van der Waals surface area contributed by atoms with E-state index in [1.807, 2.05) is 30.3 Å². The summed E-state index contributed by atoms with van der Waals surface area (Å²) in [5, 5.41) is 0. The van der Waals surface area contributed by atoms with Crippen LogP contribution >= 0.6 is 0 Å². The first kappa shape index (κ1) is 10.5. The van der Waals surface area contributed by atoms with E-state index in [-0.39, 0.29) is 0 Å². The molecule has 0 aliphatic carbocycles. The van der Waals surface area contributed by atoms with E-state index >= 15 is 0 Å². The number of hydrogen-bond donors (Lipinski definition) is 0. The summed E-state index contributed by atoms with van der Waals surface area (Å²) >= 11 is 0. The van der Waals surface area contributed by atoms with Crippen LogP contribution in [0, 0.1) is 0 Å². The van der Waals surface area contributed by atoms with E-state index in [4.69, 9.17) is 9.47 Å². The van der Waals surface area contributed by atoms with Crippen LogP contribution in [-0.4, -0.2) is 18.8 Å². The summed E-state index contributed by atoms with van der Waals surface area (Å²) in [6.07, 6.45) is 4.46. The number of epoxide rings is 1. The van der Waals surface area contributed by atoms with Crippen LogP contribution in [-0.2, 0) is 4.74 Å². The Morgan fingerprint density at radius 2 is 2.00 bits per heavy atom. The smallest absolute Gasteiger partial charge is 0.119 e. The van der Waals surface area contributed by atoms with Gasteiger partial charge in [0.15, 0.2) is 0 Å². The highest BCUT2D eigenvalue weighted by Gasteiger charge is 2.38. The van der Waals surface area contributed by atoms with Crippen LogP contribution in [0.1, 0.15) is 26.2 Å². The maximum atomic E-state index is 5.62. The first-order valence-electron chi connectivity index (χ1n) is 5.73. The molecule has 0 amide bonds. The van der Waals surface area contributed by atoms with Crippen LogP contribution in [0.25, 0.3) is 0 Å². The maximum absolute atomic E-state index is 5.62. The fourth-order valence-electron chi connectivity index (χ4n) is 1.68. The minimum Gasteiger partial charge on any atom is -0.491 e. The molecule has 1 aliphatic rings. The molecule has 1 heterocycles. The molecule has 1 saturated heterocycles. The van der Waals surface area contributed by atoms with E-state index < -0.39 is 0 Å². The molecular formula is C13H18O2. The van der Waals surface area contributed by atoms with Gasteiger partial charge < -0.3 is 9.47 Å². The van der Waals surface area contributed by atoms with Crippen molar-refractivity contribution < 1.29 is 9.47 Å². The van der Waals surface area contributed by atoms with Crippen molar-refractivity contribution >= 4 is 0 Å². The van der Waals surface area contributed by atoms with Gasteiger partial charge in [0.1, 0.15) is 18.5 Å². The number of ether oxygens (including phenoxy) is 2. The van der Waals surface area contributed by atoms with Gasteiger partial charge in [0.2, 0.25) is 0 Å². The second-order valence-corrected chi connectivity index (χ2v) is 3.98. The van der Waals surface area contributed by atoms with E-state index in [9.17, 15) is 0 Å². The first-order chi connectivity index (χ1) is 7.40. The SMILES string of the molecule is CCCCC1OC1COc1ccccc1. The third kappa shape index (κ3) is 3.24. The molecule has 2 unspecified atom stereocenters. The maximum Gasteiger partial charge on any atom is 0.119 e. The van der Waals surface area contributed by atoms with Crippen molar-refractivity contribution in [3.8, 4) is 5.75 Å². The molecule has 1 aromatic carbocycles. The van der Waals surface area contributed by atoms with E-state index in [1.165, 1.54) is 19.3 Å². The van der Waals surface area contributed by atoms with Crippen molar-refractivity contribution in [2.24, 2.45) is 0 Å². The number of para-hydroxylation sites is 1. The van der Waals surface area contributed by atoms with E-state index in [2.05, 4.69) is 6.92 Å². The molecule has 2 atom stereocenters. The minimum absolute atomic E-state index is 0.330. The highest BCUT2D eigenvalue weighted by atomic mass is 16.6. The number of unbranched alkanes of at least 4 members (excludes halogenated alkanes) is 1. The van der Waals surface area contributed by atoms with Gasteiger partial charge in [-0.25, -0.2) is 0 Å². The fraction of sp³-hybridized carbons (Fsp3) is 0.538. The van der Waals surface area contributed by atoms with Gasteiger partial charge in [-0.3, -0.25) is 0 Å². The highest BCUT2D eigenvalue weighted by molar-refractivity contribution is 5.21. The molecule has 2 rings (SSSR count). The summed E-state index contributed by atoms with van der Waals surface area (Å²) in [5.41, 5.74) is 0. The highest BCUT2D eigenvalue weighted by Crippen LogP contribution is 2.27. The summed E-state index contributed by atoms with van der Waals surface area (Å²) in [6, 6.07) is 9.91. The van der Waals surface area contributed by atoms with E-state index in [0.717, 1.165) is 5.75 Å². The lowest BCUT2D eigenvalue weighted by molar-refractivity contribution is 0.259. The van der Waals surface area contributed by atoms with Crippen molar-refractivity contribution in [3.05, 3.63) is 30.3 Å². The number of rotatable bonds is 6. The minimum atomic E-state index is 0.330. The molecule has 0 radical (unpaired) electrons. The second kappa shape index (κ2) is 5.17. The summed E-state index contributed by atoms with van der Waals surface area (Å²) in [6.45, 7) is 2.90. The standard InChI is InChI=1S/C13H18O2/c1-2-3-9-12-13(15-12)10-14-11-7-5-4-6-8-11/h4-8,12-13H,2-3,9-10H2,1H3. The average molecular weight is 206 g/mol. The molecule has 2 heteroatoms. The quantitative estimate of drug-likeness (QED) is 0.667. The van der Waals surface area contributed by atoms with Crippen LogP contribution < -0.4 is 4.74 Å². The molecule has 0 saturated carbocycles. The zero-order chi connectivity index (χ0) is 10.5. The van der Waals surface area contributed by atoms with Crippen molar-refractivity contribution in [3.63, 3.8) is 0 Å². The van der Waals surface area contributed by atoms with Crippen LogP contribution in [0.4, 0.5) is 0 Å². The van der Waals surface area contributed by atoms with Gasteiger partial charge in [0.05, 0.1) is 6.10 Å². The molecule has 15 heavy (non-hydrogen) atoms. The van der Waals surface area contributed by atoms with Gasteiger partial charge in [-0.1, -0.05) is 38.0 Å². The molecule has 0 spiro atoms. The predicted molar refractivity (Wildman–Crippen MR) is 60.1 cm³/mol. The first-order valence-corrected chi connectivity index (χ1v) is 5.73. The molecule has 1 fully saturated rings. The third-order valence-electron chi connectivity index (χ3n) is 2.69. The van der Waals surface area contributed by atoms with Crippen LogP contribution in [0.3, 0.4) is 0 Å². The third-order valence-corrected chi connectivity index (χ3v) is 2.69. The molecule has 0 bridgehead atoms. The van der Waals surface area contributed by atoms with Gasteiger partial charge in [0, 0.05) is 0 Å². The zero-order valence-corrected chi connectivity index (χ0v) is 9.19. The topological polar surface area (TPSA) is 21.8 Å². The van der Waals surface area contributed by atoms with Crippen LogP contribution in [0.2, 0.25) is 0 Å². The summed E-state index contributed by atoms with van der Waals surface area (Å²) in [5.74, 6) is 0.933. The van der Waals surface area contributed by atoms with Crippen molar-refractivity contribution in [1.82, 2.24) is 0 Å². The zero-order valence-electron chi connectivity index (χ0n) is 9.19. The molecule has 1 aliphatic heterocycles. The van der Waals surface area contributed by atoms with Gasteiger partial charge >= 0.3 is 0 Å². The average Bonchev–Trinajstić information content (AvgIpc) is 3.04. The van der Waals surface area contributed by atoms with E-state index in [1.54, 1.807) is 0 Å². The molecule has 82 valence electrons. The molecule has 0 aromatic heterocycles. The molecule has 1 aromatic rings. The van der Waals surface area contributed by atoms with Crippen molar-refractivity contribution in [2.45, 2.75) is 38.4 Å². The Hall–Kier alpha value is -1.02. The number of benzene rings is 1. The Balaban J connectivity index is 1.64. The van der Waals surface area contributed by atoms with Crippen LogP contribution in [0.15, 0.2) is 30.3 Å². The van der Waals surface area contributed by atoms with Gasteiger partial charge in [-0.15, -0.1) is 0 Å². The summed E-state index contributed by atoms with van der Waals surface area (Å²) < 4.78 is 11.1. The monoisotopic (exact) mass is 206 g/mol. The second-order valence-electron chi connectivity index (χ2n) is 3.98. The number of hydrogen-bond acceptors (Lipinski definition) is 2. The lowest BCUT2D eigenvalue weighted by Crippen LogP contribution is -2.07. The largest absolute Gasteiger partial charge is 0.491 e. The Kier molecular flexibility index (Phi) is 3.62. The summed E-state index contributed by atoms with van der Waals surface area (Å²) in [4.78, 5) is 0. The van der Waals surface area contributed by atoms with Crippen molar-refractivity contribution in [2.75, 3.05) is 6.61 Å². The molecular weight excluding hydrogens is 188 g/mol. The van der Waals surface area contributed by atoms with E-state index in [0.29, 0.717) is 18.8 Å². The Morgan fingerprint density at radius 1 is 1.20 bits per heavy atom. The summed E-state index contributed by atoms with van der Waals surface area (Å²) in [7, 11) is 0. The fourth-order valence-corrected chi connectivity index (χ4v) is 1.68. The Bertz CT molecular complexity index is 284. The lowest BCUT2D eigenvalue weighted by Gasteiger charge is -2.02. The van der Waals surface area contributed by atoms with Crippen LogP contribution in [0.5, 0.6) is 5.75 Å². The normalized spacial score (nSPS) is 23.8.